The Labute approximate surface area is 350 Å². The minimum Gasteiger partial charge on any atom is -0.459 e. The van der Waals surface area contributed by atoms with E-state index in [1.165, 1.54) is 25.3 Å². The van der Waals surface area contributed by atoms with E-state index in [-0.39, 0.29) is 55.6 Å². The predicted octanol–water partition coefficient (Wildman–Crippen LogP) is 8.98. The van der Waals surface area contributed by atoms with E-state index >= 15 is 0 Å². The van der Waals surface area contributed by atoms with E-state index in [0.717, 1.165) is 47.6 Å². The normalized spacial score (nSPS) is 23.6. The van der Waals surface area contributed by atoms with Crippen molar-refractivity contribution in [2.75, 3.05) is 34.0 Å². The smallest absolute Gasteiger partial charge is 0.269 e. The number of aliphatic hydroxyl groups excluding tert-OH is 2. The van der Waals surface area contributed by atoms with Crippen LogP contribution >= 0.6 is 0 Å². The molecule has 1 aliphatic heterocycles. The number of unbranched alkanes of at least 4 members (excludes halogenated alkanes) is 2. The summed E-state index contributed by atoms with van der Waals surface area (Å²) in [7, 11) is 3.24. The number of benzene rings is 4. The number of allylic oxidation sites excluding steroid dienone is 1. The number of oxime groups is 1. The van der Waals surface area contributed by atoms with Gasteiger partial charge in [0.1, 0.15) is 30.4 Å². The van der Waals surface area contributed by atoms with Crippen LogP contribution in [0, 0.1) is 27.9 Å². The van der Waals surface area contributed by atoms with Crippen molar-refractivity contribution in [3.63, 3.8) is 0 Å². The van der Waals surface area contributed by atoms with Crippen molar-refractivity contribution < 1.29 is 39.0 Å². The number of nitro groups is 1. The first-order valence-corrected chi connectivity index (χ1v) is 20.7. The largest absolute Gasteiger partial charge is 0.459 e. The molecule has 1 heterocycles. The van der Waals surface area contributed by atoms with Gasteiger partial charge in [-0.25, -0.2) is 0 Å². The molecule has 0 aromatic heterocycles. The molecule has 1 amide bonds. The Bertz CT molecular complexity index is 2270. The lowest BCUT2D eigenvalue weighted by Crippen LogP contribution is -2.69. The maximum Gasteiger partial charge on any atom is 0.269 e. The number of aliphatic hydroxyl groups is 2. The minimum atomic E-state index is -1.40. The van der Waals surface area contributed by atoms with Crippen LogP contribution in [0.5, 0.6) is 17.2 Å². The summed E-state index contributed by atoms with van der Waals surface area (Å²) in [6.07, 6.45) is 11.9. The summed E-state index contributed by atoms with van der Waals surface area (Å²) in [4.78, 5) is 32.1. The van der Waals surface area contributed by atoms with Crippen molar-refractivity contribution in [3.05, 3.63) is 137 Å². The molecule has 0 saturated heterocycles. The number of likely N-dealkylation sites (N-methyl/N-ethyl adjacent to an activating group) is 1. The lowest BCUT2D eigenvalue weighted by atomic mass is 9.55. The van der Waals surface area contributed by atoms with Crippen LogP contribution < -0.4 is 9.47 Å². The van der Waals surface area contributed by atoms with Crippen molar-refractivity contribution in [1.82, 2.24) is 4.90 Å². The predicted molar refractivity (Wildman–Crippen MR) is 231 cm³/mol. The molecule has 1 fully saturated rings. The molecule has 12 heteroatoms. The number of hydrogen-bond donors (Lipinski definition) is 2. The fraction of sp³-hybridized carbons (Fsp3) is 0.375. The lowest BCUT2D eigenvalue weighted by molar-refractivity contribution is -0.384. The summed E-state index contributed by atoms with van der Waals surface area (Å²) in [5.74, 6) is -0.287. The zero-order valence-electron chi connectivity index (χ0n) is 34.2. The quantitative estimate of drug-likeness (QED) is 0.0330. The summed E-state index contributed by atoms with van der Waals surface area (Å²) in [5, 5.41) is 37.7. The molecule has 0 spiro atoms. The molecule has 0 bridgehead atoms. The van der Waals surface area contributed by atoms with Crippen LogP contribution in [-0.2, 0) is 14.4 Å². The van der Waals surface area contributed by atoms with Crippen LogP contribution in [0.15, 0.2) is 120 Å². The van der Waals surface area contributed by atoms with Gasteiger partial charge in [-0.3, -0.25) is 14.9 Å². The third-order valence-corrected chi connectivity index (χ3v) is 12.1. The van der Waals surface area contributed by atoms with E-state index < -0.39 is 22.7 Å². The number of hydrogen-bond acceptors (Lipinski definition) is 10. The highest BCUT2D eigenvalue weighted by Gasteiger charge is 2.65. The van der Waals surface area contributed by atoms with E-state index in [0.29, 0.717) is 41.4 Å². The lowest BCUT2D eigenvalue weighted by Gasteiger charge is -2.59. The van der Waals surface area contributed by atoms with Gasteiger partial charge >= 0.3 is 0 Å². The van der Waals surface area contributed by atoms with Gasteiger partial charge in [0.05, 0.1) is 23.2 Å². The third-order valence-electron chi connectivity index (χ3n) is 12.1. The van der Waals surface area contributed by atoms with E-state index in [4.69, 9.17) is 19.0 Å². The molecular weight excluding hydrogens is 763 g/mol. The fourth-order valence-corrected chi connectivity index (χ4v) is 9.41. The van der Waals surface area contributed by atoms with Gasteiger partial charge in [0.2, 0.25) is 11.7 Å². The van der Waals surface area contributed by atoms with Crippen molar-refractivity contribution in [3.8, 4) is 17.2 Å². The molecule has 2 aliphatic carbocycles. The number of fused-ring (bicyclic) bond motifs is 3. The van der Waals surface area contributed by atoms with Gasteiger partial charge in [0, 0.05) is 56.4 Å². The monoisotopic (exact) mass is 815 g/mol. The van der Waals surface area contributed by atoms with Gasteiger partial charge < -0.3 is 34.2 Å². The number of rotatable bonds is 18. The molecule has 12 nitrogen and oxygen atoms in total. The zero-order chi connectivity index (χ0) is 42.2. The fourth-order valence-electron chi connectivity index (χ4n) is 9.41. The zero-order valence-corrected chi connectivity index (χ0v) is 34.2. The first-order valence-electron chi connectivity index (χ1n) is 20.7. The second-order valence-electron chi connectivity index (χ2n) is 15.7. The highest BCUT2D eigenvalue weighted by molar-refractivity contribution is 6.03. The van der Waals surface area contributed by atoms with Crippen LogP contribution in [0.3, 0.4) is 0 Å². The molecule has 6 atom stereocenters. The van der Waals surface area contributed by atoms with Gasteiger partial charge in [0.15, 0.2) is 0 Å². The Morgan fingerprint density at radius 3 is 2.42 bits per heavy atom. The Hall–Kier alpha value is -5.82. The van der Waals surface area contributed by atoms with Crippen LogP contribution in [0.1, 0.15) is 62.0 Å². The molecule has 314 valence electrons. The highest BCUT2D eigenvalue weighted by atomic mass is 16.7. The SMILES string of the molecule is C=CCOC12Oc3ccc(Oc4ccc5ccccc5c4)cc3C3C(CCCCO)C(CCCCO)C=C(C(=NOC)CC1N(C)C(=O)C=Cc1ccc([N+](=O)[O-])cc1)C32. The Morgan fingerprint density at radius 1 is 0.983 bits per heavy atom. The van der Waals surface area contributed by atoms with Crippen LogP contribution in [0.25, 0.3) is 16.8 Å². The molecule has 60 heavy (non-hydrogen) atoms. The van der Waals surface area contributed by atoms with Crippen LogP contribution in [0.2, 0.25) is 0 Å². The summed E-state index contributed by atoms with van der Waals surface area (Å²) in [6, 6.07) is 25.4. The van der Waals surface area contributed by atoms with Crippen LogP contribution in [-0.4, -0.2) is 77.5 Å². The topological polar surface area (TPSA) is 153 Å². The number of carbonyl (C=O) groups is 1. The van der Waals surface area contributed by atoms with E-state index in [9.17, 15) is 25.1 Å². The third kappa shape index (κ3) is 8.72. The number of non-ortho nitro benzene ring substituents is 1. The first kappa shape index (κ1) is 42.3. The van der Waals surface area contributed by atoms with E-state index in [1.807, 2.05) is 42.5 Å². The Balaban J connectivity index is 1.36. The van der Waals surface area contributed by atoms with Crippen molar-refractivity contribution in [2.24, 2.45) is 22.9 Å². The molecular formula is C48H53N3O9. The molecule has 6 unspecified atom stereocenters. The highest BCUT2D eigenvalue weighted by Crippen LogP contribution is 2.62. The van der Waals surface area contributed by atoms with Crippen LogP contribution in [0.4, 0.5) is 5.69 Å². The van der Waals surface area contributed by atoms with Gasteiger partial charge in [-0.2, -0.15) is 0 Å². The van der Waals surface area contributed by atoms with Gasteiger partial charge in [0.25, 0.3) is 5.69 Å². The van der Waals surface area contributed by atoms with Gasteiger partial charge in [-0.05, 0) is 108 Å². The molecule has 1 saturated carbocycles. The summed E-state index contributed by atoms with van der Waals surface area (Å²) in [6.45, 7) is 4.30. The molecule has 7 rings (SSSR count). The summed E-state index contributed by atoms with van der Waals surface area (Å²) in [5.41, 5.74) is 3.16. The molecule has 0 radical (unpaired) electrons. The minimum absolute atomic E-state index is 0.0395. The Morgan fingerprint density at radius 2 is 1.70 bits per heavy atom. The van der Waals surface area contributed by atoms with E-state index in [1.54, 1.807) is 36.2 Å². The van der Waals surface area contributed by atoms with Gasteiger partial charge in [-0.1, -0.05) is 60.5 Å². The maximum atomic E-state index is 14.2. The number of amides is 1. The van der Waals surface area contributed by atoms with E-state index in [2.05, 4.69) is 36.0 Å². The molecule has 4 aromatic carbocycles. The van der Waals surface area contributed by atoms with Crippen molar-refractivity contribution >= 4 is 34.2 Å². The number of nitro benzene ring substituents is 1. The average molecular weight is 816 g/mol. The van der Waals surface area contributed by atoms with Crippen molar-refractivity contribution in [2.45, 2.75) is 62.7 Å². The standard InChI is InChI=1S/C48H53N3O9/c1-4-27-58-48-44(50(2)45(54)24-17-32-15-19-36(20-16-32)51(55)56)31-42(49-57-3)40-29-35(13-7-9-25-52)39(14-8-10-26-53)46(47(40)48)41-30-38(22-23-43(41)60-48)59-37-21-18-33-11-5-6-12-34(33)28-37/h4-6,11-12,15-24,28-30,35,39,44,46-47,52-53H,1,7-10,13-14,25-27,31H2,2-3H3. The molecule has 3 aliphatic rings. The second-order valence-corrected chi connectivity index (χ2v) is 15.7. The number of carbonyl (C=O) groups excluding carboxylic acids is 1. The van der Waals surface area contributed by atoms with Gasteiger partial charge in [-0.15, -0.1) is 6.58 Å². The summed E-state index contributed by atoms with van der Waals surface area (Å²) < 4.78 is 20.7. The maximum absolute atomic E-state index is 14.2. The van der Waals surface area contributed by atoms with Crippen molar-refractivity contribution in [1.29, 1.82) is 0 Å². The average Bonchev–Trinajstić information content (AvgIpc) is 3.26. The number of ether oxygens (including phenoxy) is 3. The molecule has 4 aromatic rings. The molecule has 2 N–H and O–H groups in total. The first-order chi connectivity index (χ1) is 29.2. The summed E-state index contributed by atoms with van der Waals surface area (Å²) >= 11 is 0. The Kier molecular flexibility index (Phi) is 13.4. The number of nitrogens with zero attached hydrogens (tertiary/aromatic N) is 3. The second kappa shape index (κ2) is 19.1.